The summed E-state index contributed by atoms with van der Waals surface area (Å²) in [6.07, 6.45) is 3.67. The van der Waals surface area contributed by atoms with Gasteiger partial charge < -0.3 is 9.80 Å². The van der Waals surface area contributed by atoms with E-state index in [9.17, 15) is 4.79 Å². The minimum absolute atomic E-state index is 0.137. The molecule has 7 rings (SSSR count). The molecule has 0 atom stereocenters. The molecule has 0 aliphatic carbocycles. The maximum atomic E-state index is 13.6. The van der Waals surface area contributed by atoms with Crippen LogP contribution >= 0.6 is 11.6 Å². The Morgan fingerprint density at radius 1 is 0.850 bits per heavy atom. The van der Waals surface area contributed by atoms with Crippen LogP contribution in [0.25, 0.3) is 49.7 Å². The van der Waals surface area contributed by atoms with Gasteiger partial charge in [-0.05, 0) is 54.6 Å². The summed E-state index contributed by atoms with van der Waals surface area (Å²) in [5.74, 6) is 0. The van der Waals surface area contributed by atoms with E-state index in [1.807, 2.05) is 48.7 Å². The predicted molar refractivity (Wildman–Crippen MR) is 164 cm³/mol. The monoisotopic (exact) mass is 548 g/mol. The number of rotatable bonds is 4. The van der Waals surface area contributed by atoms with Gasteiger partial charge in [-0.3, -0.25) is 19.1 Å². The highest BCUT2D eigenvalue weighted by atomic mass is 35.5. The lowest BCUT2D eigenvalue weighted by Crippen LogP contribution is -2.46. The van der Waals surface area contributed by atoms with Crippen LogP contribution in [-0.4, -0.2) is 56.7 Å². The van der Waals surface area contributed by atoms with Gasteiger partial charge in [-0.2, -0.15) is 0 Å². The summed E-state index contributed by atoms with van der Waals surface area (Å²) in [7, 11) is 1.79. The van der Waals surface area contributed by atoms with E-state index in [0.717, 1.165) is 88.1 Å². The number of hydrogen-bond donors (Lipinski definition) is 0. The van der Waals surface area contributed by atoms with Gasteiger partial charge >= 0.3 is 5.69 Å². The van der Waals surface area contributed by atoms with Crippen LogP contribution in [0.2, 0.25) is 5.02 Å². The van der Waals surface area contributed by atoms with Crippen molar-refractivity contribution in [2.75, 3.05) is 37.6 Å². The summed E-state index contributed by atoms with van der Waals surface area (Å²) in [4.78, 5) is 27.7. The number of aryl methyl sites for hydroxylation is 1. The highest BCUT2D eigenvalue weighted by Gasteiger charge is 2.21. The molecule has 6 aromatic rings. The van der Waals surface area contributed by atoms with E-state index in [1.165, 1.54) is 0 Å². The van der Waals surface area contributed by atoms with Gasteiger partial charge in [0.25, 0.3) is 0 Å². The minimum atomic E-state index is -0.137. The second kappa shape index (κ2) is 9.77. The molecule has 3 aromatic carbocycles. The molecule has 0 radical (unpaired) electrons. The first kappa shape index (κ1) is 24.8. The molecule has 8 heteroatoms. The zero-order chi connectivity index (χ0) is 27.4. The van der Waals surface area contributed by atoms with Crippen molar-refractivity contribution < 1.29 is 0 Å². The van der Waals surface area contributed by atoms with Gasteiger partial charge in [0, 0.05) is 55.8 Å². The van der Waals surface area contributed by atoms with Gasteiger partial charge in [-0.25, -0.2) is 4.79 Å². The number of para-hydroxylation sites is 1. The third-order valence-corrected chi connectivity index (χ3v) is 8.46. The summed E-state index contributed by atoms with van der Waals surface area (Å²) in [5.41, 5.74) is 6.99. The fourth-order valence-electron chi connectivity index (χ4n) is 5.84. The SMILES string of the molecule is CCN1CCN(c2ccc(-n3c(=O)n(C)c4cnc5ccc(-c6cnc7ccccc7c6)cc5c43)cc2Cl)CC1. The van der Waals surface area contributed by atoms with E-state index in [4.69, 9.17) is 11.6 Å². The molecule has 1 aliphatic heterocycles. The average Bonchev–Trinajstić information content (AvgIpc) is 3.26. The van der Waals surface area contributed by atoms with Crippen LogP contribution in [0.1, 0.15) is 6.92 Å². The number of imidazole rings is 1. The van der Waals surface area contributed by atoms with Crippen molar-refractivity contribution in [3.05, 3.63) is 94.6 Å². The minimum Gasteiger partial charge on any atom is -0.368 e. The molecular formula is C32H29ClN6O. The number of fused-ring (bicyclic) bond motifs is 4. The molecule has 0 saturated carbocycles. The predicted octanol–water partition coefficient (Wildman–Crippen LogP) is 5.89. The molecule has 3 aromatic heterocycles. The Bertz CT molecular complexity index is 1970. The van der Waals surface area contributed by atoms with E-state index in [1.54, 1.807) is 22.4 Å². The number of piperazine rings is 1. The molecule has 0 unspecified atom stereocenters. The van der Waals surface area contributed by atoms with E-state index in [2.05, 4.69) is 51.0 Å². The first-order chi connectivity index (χ1) is 19.5. The highest BCUT2D eigenvalue weighted by molar-refractivity contribution is 6.33. The lowest BCUT2D eigenvalue weighted by molar-refractivity contribution is 0.271. The lowest BCUT2D eigenvalue weighted by Gasteiger charge is -2.36. The maximum absolute atomic E-state index is 13.6. The van der Waals surface area contributed by atoms with Crippen LogP contribution < -0.4 is 10.6 Å². The van der Waals surface area contributed by atoms with Gasteiger partial charge in [-0.15, -0.1) is 0 Å². The second-order valence-electron chi connectivity index (χ2n) is 10.4. The van der Waals surface area contributed by atoms with Gasteiger partial charge in [-0.1, -0.05) is 42.8 Å². The summed E-state index contributed by atoms with van der Waals surface area (Å²) < 4.78 is 3.41. The summed E-state index contributed by atoms with van der Waals surface area (Å²) >= 11 is 6.87. The Kier molecular flexibility index (Phi) is 6.06. The Morgan fingerprint density at radius 3 is 2.45 bits per heavy atom. The normalized spacial score (nSPS) is 14.5. The molecule has 0 bridgehead atoms. The molecule has 1 aliphatic rings. The molecule has 4 heterocycles. The third-order valence-electron chi connectivity index (χ3n) is 8.16. The summed E-state index contributed by atoms with van der Waals surface area (Å²) in [5, 5.41) is 2.63. The fourth-order valence-corrected chi connectivity index (χ4v) is 6.14. The number of pyridine rings is 2. The van der Waals surface area contributed by atoms with Crippen LogP contribution in [0.4, 0.5) is 5.69 Å². The Labute approximate surface area is 236 Å². The Balaban J connectivity index is 1.37. The number of aromatic nitrogens is 4. The zero-order valence-corrected chi connectivity index (χ0v) is 23.3. The standard InChI is InChI=1S/C32H29ClN6O/c1-3-37-12-14-38(15-13-37)29-11-9-24(18-26(29)33)39-31-25-17-21(23-16-22-6-4-5-7-27(22)34-19-23)8-10-28(25)35-20-30(31)36(2)32(39)40/h4-11,16-20H,3,12-15H2,1-2H3. The molecular weight excluding hydrogens is 520 g/mol. The zero-order valence-electron chi connectivity index (χ0n) is 22.5. The van der Waals surface area contributed by atoms with Gasteiger partial charge in [0.15, 0.2) is 0 Å². The second-order valence-corrected chi connectivity index (χ2v) is 10.8. The van der Waals surface area contributed by atoms with E-state index >= 15 is 0 Å². The molecule has 200 valence electrons. The first-order valence-corrected chi connectivity index (χ1v) is 14.0. The number of benzene rings is 3. The maximum Gasteiger partial charge on any atom is 0.333 e. The molecule has 0 N–H and O–H groups in total. The van der Waals surface area contributed by atoms with Crippen LogP contribution in [-0.2, 0) is 7.05 Å². The fraction of sp³-hybridized carbons (Fsp3) is 0.219. The van der Waals surface area contributed by atoms with Crippen molar-refractivity contribution in [3.8, 4) is 16.8 Å². The van der Waals surface area contributed by atoms with Crippen molar-refractivity contribution in [1.82, 2.24) is 24.0 Å². The molecule has 0 amide bonds. The van der Waals surface area contributed by atoms with Crippen LogP contribution in [0.5, 0.6) is 0 Å². The highest BCUT2D eigenvalue weighted by Crippen LogP contribution is 2.33. The van der Waals surface area contributed by atoms with E-state index in [-0.39, 0.29) is 5.69 Å². The number of anilines is 1. The number of likely N-dealkylation sites (N-methyl/N-ethyl adjacent to an activating group) is 1. The first-order valence-electron chi connectivity index (χ1n) is 13.6. The van der Waals surface area contributed by atoms with Crippen molar-refractivity contribution in [2.24, 2.45) is 7.05 Å². The molecule has 7 nitrogen and oxygen atoms in total. The Hall–Kier alpha value is -4.20. The number of nitrogens with zero attached hydrogens (tertiary/aromatic N) is 6. The van der Waals surface area contributed by atoms with Crippen LogP contribution in [0.15, 0.2) is 83.9 Å². The summed E-state index contributed by atoms with van der Waals surface area (Å²) in [6.45, 7) is 7.16. The van der Waals surface area contributed by atoms with Gasteiger partial charge in [0.05, 0.1) is 44.7 Å². The number of halogens is 1. The Morgan fingerprint density at radius 2 is 1.65 bits per heavy atom. The van der Waals surface area contributed by atoms with Gasteiger partial charge in [0.1, 0.15) is 0 Å². The molecule has 0 spiro atoms. The molecule has 1 fully saturated rings. The average molecular weight is 549 g/mol. The smallest absolute Gasteiger partial charge is 0.333 e. The van der Waals surface area contributed by atoms with Crippen LogP contribution in [0.3, 0.4) is 0 Å². The van der Waals surface area contributed by atoms with Gasteiger partial charge in [0.2, 0.25) is 0 Å². The van der Waals surface area contributed by atoms with E-state index < -0.39 is 0 Å². The molecule has 40 heavy (non-hydrogen) atoms. The van der Waals surface area contributed by atoms with Crippen molar-refractivity contribution >= 4 is 50.1 Å². The molecule has 1 saturated heterocycles. The third kappa shape index (κ3) is 4.05. The van der Waals surface area contributed by atoms with Crippen molar-refractivity contribution in [1.29, 1.82) is 0 Å². The van der Waals surface area contributed by atoms with Crippen molar-refractivity contribution in [3.63, 3.8) is 0 Å². The quantitative estimate of drug-likeness (QED) is 0.275. The largest absolute Gasteiger partial charge is 0.368 e. The summed E-state index contributed by atoms with van der Waals surface area (Å²) in [6, 6.07) is 22.4. The topological polar surface area (TPSA) is 59.2 Å². The van der Waals surface area contributed by atoms with E-state index in [0.29, 0.717) is 5.02 Å². The number of hydrogen-bond acceptors (Lipinski definition) is 5. The van der Waals surface area contributed by atoms with Crippen LogP contribution in [0, 0.1) is 0 Å². The van der Waals surface area contributed by atoms with Crippen molar-refractivity contribution in [2.45, 2.75) is 6.92 Å². The lowest BCUT2D eigenvalue weighted by atomic mass is 10.0.